The van der Waals surface area contributed by atoms with Crippen LogP contribution in [-0.4, -0.2) is 15.0 Å². The first kappa shape index (κ1) is 14.0. The molecule has 6 heteroatoms. The summed E-state index contributed by atoms with van der Waals surface area (Å²) in [6, 6.07) is 7.96. The van der Waals surface area contributed by atoms with Crippen molar-refractivity contribution >= 4 is 5.69 Å². The number of nitro groups is 1. The Balaban J connectivity index is 2.32. The number of para-hydroxylation sites is 1. The average molecular weight is 274 g/mol. The Bertz CT molecular complexity index is 624. The van der Waals surface area contributed by atoms with Gasteiger partial charge in [-0.15, -0.1) is 0 Å². The van der Waals surface area contributed by atoms with Gasteiger partial charge in [-0.05, 0) is 31.5 Å². The maximum absolute atomic E-state index is 11.0. The van der Waals surface area contributed by atoms with Gasteiger partial charge in [0.25, 0.3) is 0 Å². The van der Waals surface area contributed by atoms with Crippen molar-refractivity contribution in [3.63, 3.8) is 0 Å². The van der Waals surface area contributed by atoms with Gasteiger partial charge in [-0.1, -0.05) is 12.1 Å². The van der Waals surface area contributed by atoms with Crippen LogP contribution in [0.4, 0.5) is 5.69 Å². The molecule has 0 unspecified atom stereocenters. The first-order valence-corrected chi connectivity index (χ1v) is 6.05. The fourth-order valence-electron chi connectivity index (χ4n) is 1.73. The van der Waals surface area contributed by atoms with E-state index in [1.54, 1.807) is 38.1 Å². The number of nitro benzene ring substituents is 1. The Morgan fingerprint density at radius 3 is 2.65 bits per heavy atom. The summed E-state index contributed by atoms with van der Waals surface area (Å²) in [5, 5.41) is 20.4. The van der Waals surface area contributed by atoms with Gasteiger partial charge in [-0.25, -0.2) is 0 Å². The van der Waals surface area contributed by atoms with Gasteiger partial charge in [0, 0.05) is 6.07 Å². The molecule has 2 rings (SSSR count). The van der Waals surface area contributed by atoms with Crippen LogP contribution in [0.2, 0.25) is 0 Å². The largest absolute Gasteiger partial charge is 0.448 e. The van der Waals surface area contributed by atoms with Crippen molar-refractivity contribution in [2.24, 2.45) is 0 Å². The maximum atomic E-state index is 11.0. The zero-order chi connectivity index (χ0) is 14.7. The van der Waals surface area contributed by atoms with Crippen molar-refractivity contribution in [1.82, 2.24) is 4.98 Å². The number of benzene rings is 1. The summed E-state index contributed by atoms with van der Waals surface area (Å²) >= 11 is 0. The molecular formula is C14H14N2O4. The number of pyridine rings is 1. The second-order valence-corrected chi connectivity index (χ2v) is 4.38. The van der Waals surface area contributed by atoms with Gasteiger partial charge in [0.15, 0.2) is 0 Å². The number of hydrogen-bond acceptors (Lipinski definition) is 5. The lowest BCUT2D eigenvalue weighted by Gasteiger charge is -2.09. The number of ether oxygens (including phenoxy) is 1. The Kier molecular flexibility index (Phi) is 3.95. The highest BCUT2D eigenvalue weighted by atomic mass is 16.6. The fraction of sp³-hybridized carbons (Fsp3) is 0.214. The average Bonchev–Trinajstić information content (AvgIpc) is 2.41. The Morgan fingerprint density at radius 2 is 2.10 bits per heavy atom. The maximum Gasteiger partial charge on any atom is 0.311 e. The highest BCUT2D eigenvalue weighted by Gasteiger charge is 2.17. The smallest absolute Gasteiger partial charge is 0.311 e. The lowest BCUT2D eigenvalue weighted by atomic mass is 10.2. The first-order valence-electron chi connectivity index (χ1n) is 6.05. The van der Waals surface area contributed by atoms with Gasteiger partial charge in [0.2, 0.25) is 5.75 Å². The number of rotatable bonds is 4. The topological polar surface area (TPSA) is 85.5 Å². The molecule has 1 aromatic heterocycles. The van der Waals surface area contributed by atoms with Gasteiger partial charge in [-0.2, -0.15) is 0 Å². The zero-order valence-corrected chi connectivity index (χ0v) is 11.1. The molecule has 0 bridgehead atoms. The molecule has 0 spiro atoms. The van der Waals surface area contributed by atoms with Crippen LogP contribution in [0.5, 0.6) is 11.5 Å². The number of aliphatic hydroxyl groups is 1. The number of aromatic nitrogens is 1. The molecule has 0 aliphatic carbocycles. The second-order valence-electron chi connectivity index (χ2n) is 4.38. The van der Waals surface area contributed by atoms with Crippen LogP contribution in [0.15, 0.2) is 36.5 Å². The molecule has 0 aliphatic rings. The van der Waals surface area contributed by atoms with Gasteiger partial charge < -0.3 is 9.84 Å². The van der Waals surface area contributed by atoms with E-state index in [0.717, 1.165) is 0 Å². The van der Waals surface area contributed by atoms with E-state index < -0.39 is 11.0 Å². The highest BCUT2D eigenvalue weighted by Crippen LogP contribution is 2.34. The van der Waals surface area contributed by atoms with E-state index in [9.17, 15) is 15.2 Å². The Morgan fingerprint density at radius 1 is 1.35 bits per heavy atom. The molecule has 0 radical (unpaired) electrons. The van der Waals surface area contributed by atoms with Gasteiger partial charge >= 0.3 is 5.69 Å². The minimum atomic E-state index is -0.670. The predicted octanol–water partition coefficient (Wildman–Crippen LogP) is 3.14. The molecule has 0 amide bonds. The van der Waals surface area contributed by atoms with Crippen molar-refractivity contribution in [2.75, 3.05) is 0 Å². The van der Waals surface area contributed by atoms with Crippen LogP contribution in [0.3, 0.4) is 0 Å². The highest BCUT2D eigenvalue weighted by molar-refractivity contribution is 5.52. The minimum Gasteiger partial charge on any atom is -0.448 e. The molecule has 0 saturated carbocycles. The standard InChI is InChI=1S/C14H14N2O4/c1-9-4-3-5-13(16(18)19)14(9)20-11-6-7-12(10(2)17)15-8-11/h3-8,10,17H,1-2H3/t10-/m1/s1. The summed E-state index contributed by atoms with van der Waals surface area (Å²) in [6.07, 6.45) is 0.759. The van der Waals surface area contributed by atoms with Crippen molar-refractivity contribution in [3.05, 3.63) is 57.9 Å². The Labute approximate surface area is 115 Å². The second kappa shape index (κ2) is 5.66. The summed E-state index contributed by atoms with van der Waals surface area (Å²) in [5.74, 6) is 0.580. The van der Waals surface area contributed by atoms with Gasteiger partial charge in [-0.3, -0.25) is 15.1 Å². The quantitative estimate of drug-likeness (QED) is 0.683. The van der Waals surface area contributed by atoms with Crippen LogP contribution in [0.1, 0.15) is 24.3 Å². The molecule has 2 aromatic rings. The van der Waals surface area contributed by atoms with Crippen molar-refractivity contribution in [3.8, 4) is 11.5 Å². The van der Waals surface area contributed by atoms with Crippen LogP contribution >= 0.6 is 0 Å². The van der Waals surface area contributed by atoms with Gasteiger partial charge in [0.1, 0.15) is 5.75 Å². The molecule has 1 heterocycles. The van der Waals surface area contributed by atoms with E-state index in [1.807, 2.05) is 0 Å². The summed E-state index contributed by atoms with van der Waals surface area (Å²) in [6.45, 7) is 3.34. The van der Waals surface area contributed by atoms with E-state index in [2.05, 4.69) is 4.98 Å². The van der Waals surface area contributed by atoms with E-state index >= 15 is 0 Å². The lowest BCUT2D eigenvalue weighted by molar-refractivity contribution is -0.385. The molecule has 0 fully saturated rings. The normalized spacial score (nSPS) is 11.9. The van der Waals surface area contributed by atoms with Crippen molar-refractivity contribution < 1.29 is 14.8 Å². The molecular weight excluding hydrogens is 260 g/mol. The van der Waals surface area contributed by atoms with Crippen LogP contribution in [0.25, 0.3) is 0 Å². The summed E-state index contributed by atoms with van der Waals surface area (Å²) in [5.41, 5.74) is 1.08. The monoisotopic (exact) mass is 274 g/mol. The molecule has 0 aliphatic heterocycles. The Hall–Kier alpha value is -2.47. The number of aliphatic hydroxyl groups excluding tert-OH is 1. The SMILES string of the molecule is Cc1cccc([N+](=O)[O-])c1Oc1ccc([C@@H](C)O)nc1. The first-order chi connectivity index (χ1) is 9.49. The number of hydrogen-bond donors (Lipinski definition) is 1. The molecule has 0 saturated heterocycles. The zero-order valence-electron chi connectivity index (χ0n) is 11.1. The minimum absolute atomic E-state index is 0.0930. The lowest BCUT2D eigenvalue weighted by Crippen LogP contribution is -1.98. The predicted molar refractivity (Wildman–Crippen MR) is 72.8 cm³/mol. The number of nitrogens with zero attached hydrogens (tertiary/aromatic N) is 2. The third kappa shape index (κ3) is 2.92. The fourth-order valence-corrected chi connectivity index (χ4v) is 1.73. The molecule has 1 atom stereocenters. The van der Waals surface area contributed by atoms with Crippen LogP contribution < -0.4 is 4.74 Å². The summed E-state index contributed by atoms with van der Waals surface area (Å²) < 4.78 is 5.55. The van der Waals surface area contributed by atoms with Crippen molar-refractivity contribution in [1.29, 1.82) is 0 Å². The van der Waals surface area contributed by atoms with Gasteiger partial charge in [0.05, 0.1) is 22.9 Å². The summed E-state index contributed by atoms with van der Waals surface area (Å²) in [4.78, 5) is 14.5. The molecule has 1 aromatic carbocycles. The van der Waals surface area contributed by atoms with E-state index in [-0.39, 0.29) is 11.4 Å². The molecule has 6 nitrogen and oxygen atoms in total. The third-order valence-corrected chi connectivity index (χ3v) is 2.79. The van der Waals surface area contributed by atoms with E-state index in [4.69, 9.17) is 4.74 Å². The van der Waals surface area contributed by atoms with Crippen LogP contribution in [-0.2, 0) is 0 Å². The molecule has 1 N–H and O–H groups in total. The third-order valence-electron chi connectivity index (χ3n) is 2.79. The van der Waals surface area contributed by atoms with Crippen LogP contribution in [0, 0.1) is 17.0 Å². The molecule has 20 heavy (non-hydrogen) atoms. The van der Waals surface area contributed by atoms with Crippen molar-refractivity contribution in [2.45, 2.75) is 20.0 Å². The van der Waals surface area contributed by atoms with E-state index in [1.165, 1.54) is 12.3 Å². The summed E-state index contributed by atoms with van der Waals surface area (Å²) in [7, 11) is 0. The van der Waals surface area contributed by atoms with E-state index in [0.29, 0.717) is 17.0 Å². The number of aryl methyl sites for hydroxylation is 1. The molecule has 104 valence electrons.